The average Bonchev–Trinajstić information content (AvgIpc) is 2.74. The van der Waals surface area contributed by atoms with E-state index in [1.54, 1.807) is 18.3 Å². The highest BCUT2D eigenvalue weighted by atomic mass is 35.5. The number of nitrogens with one attached hydrogen (secondary N) is 1. The minimum absolute atomic E-state index is 0.627. The zero-order chi connectivity index (χ0) is 15.2. The summed E-state index contributed by atoms with van der Waals surface area (Å²) in [6.45, 7) is 4.90. The summed E-state index contributed by atoms with van der Waals surface area (Å²) in [5.74, 6) is 0. The molecular weight excluding hydrogens is 307 g/mol. The minimum atomic E-state index is 0.627. The lowest BCUT2D eigenvalue weighted by atomic mass is 10.3. The minimum Gasteiger partial charge on any atom is -0.279 e. The molecule has 112 valence electrons. The Morgan fingerprint density at radius 2 is 2.00 bits per heavy atom. The summed E-state index contributed by atoms with van der Waals surface area (Å²) in [6, 6.07) is 7.33. The molecule has 0 amide bonds. The molecular formula is C15H18Cl2N4. The summed E-state index contributed by atoms with van der Waals surface area (Å²) < 4.78 is 1.82. The number of aromatic nitrogens is 2. The standard InChI is InChI=1S/C15H18Cl2N4/c1-3-4-9-21-15(17)14(11(2)20-21)10-18-19-13-7-5-12(16)6-8-13/h5-8,10,19H,3-4,9H2,1-2H3/b18-10-. The van der Waals surface area contributed by atoms with Crippen LogP contribution in [0.3, 0.4) is 0 Å². The first-order valence-corrected chi connectivity index (χ1v) is 7.65. The van der Waals surface area contributed by atoms with Gasteiger partial charge in [0.25, 0.3) is 0 Å². The zero-order valence-electron chi connectivity index (χ0n) is 12.1. The first-order chi connectivity index (χ1) is 10.1. The van der Waals surface area contributed by atoms with Crippen LogP contribution in [0.15, 0.2) is 29.4 Å². The van der Waals surface area contributed by atoms with Gasteiger partial charge in [-0.1, -0.05) is 36.5 Å². The highest BCUT2D eigenvalue weighted by Gasteiger charge is 2.10. The molecule has 0 atom stereocenters. The molecule has 6 heteroatoms. The van der Waals surface area contributed by atoms with Gasteiger partial charge in [-0.25, -0.2) is 0 Å². The second-order valence-electron chi connectivity index (χ2n) is 4.74. The lowest BCUT2D eigenvalue weighted by Crippen LogP contribution is -2.00. The summed E-state index contributed by atoms with van der Waals surface area (Å²) in [4.78, 5) is 0. The Morgan fingerprint density at radius 3 is 2.67 bits per heavy atom. The van der Waals surface area contributed by atoms with Gasteiger partial charge in [-0.05, 0) is 37.6 Å². The van der Waals surface area contributed by atoms with E-state index in [4.69, 9.17) is 23.2 Å². The van der Waals surface area contributed by atoms with Crippen LogP contribution in [0, 0.1) is 6.92 Å². The summed E-state index contributed by atoms with van der Waals surface area (Å²) in [5, 5.41) is 9.96. The average molecular weight is 325 g/mol. The Labute approximate surface area is 134 Å². The zero-order valence-corrected chi connectivity index (χ0v) is 13.6. The molecule has 0 saturated carbocycles. The third-order valence-electron chi connectivity index (χ3n) is 3.06. The van der Waals surface area contributed by atoms with Gasteiger partial charge in [-0.3, -0.25) is 10.1 Å². The maximum absolute atomic E-state index is 6.33. The van der Waals surface area contributed by atoms with Crippen LogP contribution in [0.2, 0.25) is 10.2 Å². The number of nitrogens with zero attached hydrogens (tertiary/aromatic N) is 3. The van der Waals surface area contributed by atoms with E-state index >= 15 is 0 Å². The molecule has 0 aliphatic heterocycles. The Morgan fingerprint density at radius 1 is 1.29 bits per heavy atom. The molecule has 0 aliphatic rings. The summed E-state index contributed by atoms with van der Waals surface area (Å²) in [7, 11) is 0. The van der Waals surface area contributed by atoms with E-state index < -0.39 is 0 Å². The highest BCUT2D eigenvalue weighted by Crippen LogP contribution is 2.19. The summed E-state index contributed by atoms with van der Waals surface area (Å²) >= 11 is 12.2. The van der Waals surface area contributed by atoms with Gasteiger partial charge in [0.15, 0.2) is 0 Å². The van der Waals surface area contributed by atoms with Crippen LogP contribution in [-0.4, -0.2) is 16.0 Å². The number of halogens is 2. The lowest BCUT2D eigenvalue weighted by Gasteiger charge is -2.01. The molecule has 21 heavy (non-hydrogen) atoms. The van der Waals surface area contributed by atoms with E-state index in [9.17, 15) is 0 Å². The van der Waals surface area contributed by atoms with Crippen molar-refractivity contribution in [3.8, 4) is 0 Å². The van der Waals surface area contributed by atoms with Gasteiger partial charge in [0.05, 0.1) is 23.2 Å². The molecule has 0 fully saturated rings. The Balaban J connectivity index is 2.06. The van der Waals surface area contributed by atoms with Crippen LogP contribution in [0.5, 0.6) is 0 Å². The maximum atomic E-state index is 6.33. The summed E-state index contributed by atoms with van der Waals surface area (Å²) in [6.07, 6.45) is 3.86. The van der Waals surface area contributed by atoms with E-state index in [0.717, 1.165) is 36.3 Å². The van der Waals surface area contributed by atoms with E-state index in [1.165, 1.54) is 0 Å². The third kappa shape index (κ3) is 4.22. The molecule has 4 nitrogen and oxygen atoms in total. The molecule has 0 bridgehead atoms. The second-order valence-corrected chi connectivity index (χ2v) is 5.54. The molecule has 1 aromatic heterocycles. The van der Waals surface area contributed by atoms with Crippen molar-refractivity contribution in [3.63, 3.8) is 0 Å². The summed E-state index contributed by atoms with van der Waals surface area (Å²) in [5.41, 5.74) is 5.52. The topological polar surface area (TPSA) is 42.2 Å². The molecule has 1 aromatic carbocycles. The van der Waals surface area contributed by atoms with Crippen molar-refractivity contribution in [2.24, 2.45) is 5.10 Å². The monoisotopic (exact) mass is 324 g/mol. The number of hydrazone groups is 1. The van der Waals surface area contributed by atoms with Gasteiger partial charge in [0.2, 0.25) is 0 Å². The number of unbranched alkanes of at least 4 members (excludes halogenated alkanes) is 1. The fraction of sp³-hybridized carbons (Fsp3) is 0.333. The van der Waals surface area contributed by atoms with Crippen LogP contribution >= 0.6 is 23.2 Å². The number of aryl methyl sites for hydroxylation is 2. The van der Waals surface area contributed by atoms with Crippen molar-refractivity contribution in [2.45, 2.75) is 33.2 Å². The van der Waals surface area contributed by atoms with Crippen molar-refractivity contribution in [2.75, 3.05) is 5.43 Å². The van der Waals surface area contributed by atoms with Gasteiger partial charge >= 0.3 is 0 Å². The van der Waals surface area contributed by atoms with Crippen molar-refractivity contribution in [1.29, 1.82) is 0 Å². The van der Waals surface area contributed by atoms with Gasteiger partial charge in [0.1, 0.15) is 5.15 Å². The van der Waals surface area contributed by atoms with Crippen molar-refractivity contribution in [1.82, 2.24) is 9.78 Å². The molecule has 0 unspecified atom stereocenters. The predicted molar refractivity (Wildman–Crippen MR) is 89.6 cm³/mol. The molecule has 0 aliphatic carbocycles. The van der Waals surface area contributed by atoms with Crippen LogP contribution in [0.25, 0.3) is 0 Å². The van der Waals surface area contributed by atoms with Gasteiger partial charge in [0, 0.05) is 11.6 Å². The molecule has 2 rings (SSSR count). The molecule has 2 aromatic rings. The molecule has 0 spiro atoms. The van der Waals surface area contributed by atoms with Crippen molar-refractivity contribution in [3.05, 3.63) is 45.7 Å². The number of hydrogen-bond donors (Lipinski definition) is 1. The van der Waals surface area contributed by atoms with Gasteiger partial charge in [-0.15, -0.1) is 0 Å². The van der Waals surface area contributed by atoms with E-state index in [2.05, 4.69) is 22.5 Å². The van der Waals surface area contributed by atoms with Crippen LogP contribution in [0.4, 0.5) is 5.69 Å². The second kappa shape index (κ2) is 7.48. The number of benzene rings is 1. The van der Waals surface area contributed by atoms with Crippen molar-refractivity contribution < 1.29 is 0 Å². The lowest BCUT2D eigenvalue weighted by molar-refractivity contribution is 0.569. The van der Waals surface area contributed by atoms with Gasteiger partial charge in [-0.2, -0.15) is 10.2 Å². The largest absolute Gasteiger partial charge is 0.279 e. The molecule has 0 radical (unpaired) electrons. The smallest absolute Gasteiger partial charge is 0.136 e. The molecule has 1 N–H and O–H groups in total. The SMILES string of the molecule is CCCCn1nc(C)c(/C=N\Nc2ccc(Cl)cc2)c1Cl. The van der Waals surface area contributed by atoms with E-state index in [-0.39, 0.29) is 0 Å². The molecule has 1 heterocycles. The normalized spacial score (nSPS) is 11.2. The quantitative estimate of drug-likeness (QED) is 0.615. The number of hydrogen-bond acceptors (Lipinski definition) is 3. The Bertz CT molecular complexity index is 617. The third-order valence-corrected chi connectivity index (χ3v) is 3.72. The maximum Gasteiger partial charge on any atom is 0.136 e. The van der Waals surface area contributed by atoms with E-state index in [0.29, 0.717) is 10.2 Å². The van der Waals surface area contributed by atoms with Crippen LogP contribution in [-0.2, 0) is 6.54 Å². The fourth-order valence-corrected chi connectivity index (χ4v) is 2.30. The van der Waals surface area contributed by atoms with Crippen LogP contribution < -0.4 is 5.43 Å². The van der Waals surface area contributed by atoms with Gasteiger partial charge < -0.3 is 0 Å². The van der Waals surface area contributed by atoms with Crippen LogP contribution in [0.1, 0.15) is 31.0 Å². The highest BCUT2D eigenvalue weighted by molar-refractivity contribution is 6.32. The predicted octanol–water partition coefficient (Wildman–Crippen LogP) is 4.74. The first-order valence-electron chi connectivity index (χ1n) is 6.89. The molecule has 0 saturated heterocycles. The number of anilines is 1. The van der Waals surface area contributed by atoms with Crippen molar-refractivity contribution >= 4 is 35.1 Å². The first kappa shape index (κ1) is 15.9. The van der Waals surface area contributed by atoms with E-state index in [1.807, 2.05) is 23.7 Å². The Kier molecular flexibility index (Phi) is 5.65. The Hall–Kier alpha value is -1.52. The fourth-order valence-electron chi connectivity index (χ4n) is 1.87. The number of rotatable bonds is 6.